The molecule has 0 aliphatic rings. The minimum atomic E-state index is -4.72. The number of anilines is 3. The fraction of sp³-hybridized carbons (Fsp3) is 0.0769. The maximum atomic E-state index is 14.3. The van der Waals surface area contributed by atoms with Gasteiger partial charge in [0.1, 0.15) is 23.8 Å². The third kappa shape index (κ3) is 5.32. The number of benzene rings is 2. The number of nitrogen functional groups attached to an aromatic ring is 1. The number of alkyl halides is 3. The summed E-state index contributed by atoms with van der Waals surface area (Å²) >= 11 is 0. The summed E-state index contributed by atoms with van der Waals surface area (Å²) in [7, 11) is 0. The molecule has 198 valence electrons. The summed E-state index contributed by atoms with van der Waals surface area (Å²) in [6.45, 7) is 0.103. The number of hydrogen-bond acceptors (Lipinski definition) is 6. The van der Waals surface area contributed by atoms with E-state index in [4.69, 9.17) is 5.73 Å². The molecule has 8 nitrogen and oxygen atoms in total. The number of halogens is 5. The maximum Gasteiger partial charge on any atom is 0.417 e. The van der Waals surface area contributed by atoms with Gasteiger partial charge in [-0.3, -0.25) is 4.79 Å². The number of nitrogens with one attached hydrogen (secondary N) is 2. The number of amides is 1. The number of aromatic nitrogens is 4. The minimum absolute atomic E-state index is 0.0306. The van der Waals surface area contributed by atoms with Gasteiger partial charge >= 0.3 is 6.18 Å². The Morgan fingerprint density at radius 3 is 2.41 bits per heavy atom. The maximum absolute atomic E-state index is 14.3. The van der Waals surface area contributed by atoms with Crippen LogP contribution in [0.4, 0.5) is 39.4 Å². The summed E-state index contributed by atoms with van der Waals surface area (Å²) < 4.78 is 67.4. The van der Waals surface area contributed by atoms with E-state index in [1.165, 1.54) is 18.3 Å². The predicted octanol–water partition coefficient (Wildman–Crippen LogP) is 5.83. The summed E-state index contributed by atoms with van der Waals surface area (Å²) in [6.07, 6.45) is -1.69. The molecule has 39 heavy (non-hydrogen) atoms. The molecule has 0 saturated carbocycles. The van der Waals surface area contributed by atoms with Crippen LogP contribution in [0.25, 0.3) is 22.2 Å². The van der Waals surface area contributed by atoms with Crippen molar-refractivity contribution in [1.82, 2.24) is 19.7 Å². The smallest absolute Gasteiger partial charge is 0.383 e. The van der Waals surface area contributed by atoms with Crippen molar-refractivity contribution in [1.29, 1.82) is 0 Å². The number of carbonyl (C=O) groups excluding carboxylic acids is 1. The zero-order valence-corrected chi connectivity index (χ0v) is 19.8. The zero-order valence-electron chi connectivity index (χ0n) is 19.8. The molecule has 2 aromatic carbocycles. The van der Waals surface area contributed by atoms with Crippen LogP contribution in [0.2, 0.25) is 0 Å². The molecule has 0 unspecified atom stereocenters. The highest BCUT2D eigenvalue weighted by Gasteiger charge is 2.32. The summed E-state index contributed by atoms with van der Waals surface area (Å²) in [4.78, 5) is 24.8. The minimum Gasteiger partial charge on any atom is -0.383 e. The van der Waals surface area contributed by atoms with Gasteiger partial charge in [-0.1, -0.05) is 28.7 Å². The van der Waals surface area contributed by atoms with Gasteiger partial charge in [0, 0.05) is 30.2 Å². The summed E-state index contributed by atoms with van der Waals surface area (Å²) in [5.41, 5.74) is 6.50. The van der Waals surface area contributed by atoms with E-state index in [9.17, 15) is 26.8 Å². The quantitative estimate of drug-likeness (QED) is 0.234. The number of nitrogens with zero attached hydrogens (tertiary/aromatic N) is 4. The molecule has 3 heterocycles. The first kappa shape index (κ1) is 25.6. The fourth-order valence-corrected chi connectivity index (χ4v) is 3.92. The predicted molar refractivity (Wildman–Crippen MR) is 135 cm³/mol. The van der Waals surface area contributed by atoms with Gasteiger partial charge in [0.25, 0.3) is 5.91 Å². The molecule has 4 N–H and O–H groups in total. The van der Waals surface area contributed by atoms with E-state index in [2.05, 4.69) is 25.6 Å². The Bertz CT molecular complexity index is 1670. The van der Waals surface area contributed by atoms with Gasteiger partial charge in [0.15, 0.2) is 5.65 Å². The lowest BCUT2D eigenvalue weighted by molar-refractivity contribution is -0.137. The van der Waals surface area contributed by atoms with Crippen LogP contribution in [0, 0.1) is 5.82 Å². The van der Waals surface area contributed by atoms with Crippen LogP contribution in [-0.2, 0) is 12.7 Å². The van der Waals surface area contributed by atoms with Crippen molar-refractivity contribution in [3.63, 3.8) is 0 Å². The van der Waals surface area contributed by atoms with Crippen LogP contribution in [-0.4, -0.2) is 25.6 Å². The largest absolute Gasteiger partial charge is 0.417 e. The van der Waals surface area contributed by atoms with E-state index in [0.717, 1.165) is 18.5 Å². The SMILES string of the molecule is Nc1ncnc2c1c(-c1ccc(CNc3ncc(C(F)(F)F)cc3C(=O)Nc3ccc(F)cc3)cc1)cn2F. The van der Waals surface area contributed by atoms with Gasteiger partial charge < -0.3 is 16.4 Å². The molecule has 0 bridgehead atoms. The Hall–Kier alpha value is -5.07. The van der Waals surface area contributed by atoms with Gasteiger partial charge in [-0.05, 0) is 41.5 Å². The summed E-state index contributed by atoms with van der Waals surface area (Å²) in [5, 5.41) is 5.68. The molecule has 5 rings (SSSR count). The van der Waals surface area contributed by atoms with E-state index in [-0.39, 0.29) is 35.1 Å². The van der Waals surface area contributed by atoms with E-state index >= 15 is 0 Å². The average Bonchev–Trinajstić information content (AvgIpc) is 3.26. The molecular formula is C26H18F5N7O. The lowest BCUT2D eigenvalue weighted by atomic mass is 10.0. The Morgan fingerprint density at radius 2 is 1.72 bits per heavy atom. The Kier molecular flexibility index (Phi) is 6.56. The number of rotatable bonds is 6. The molecule has 13 heteroatoms. The van der Waals surface area contributed by atoms with Crippen LogP contribution in [0.3, 0.4) is 0 Å². The summed E-state index contributed by atoms with van der Waals surface area (Å²) in [5.74, 6) is -1.36. The zero-order chi connectivity index (χ0) is 27.7. The van der Waals surface area contributed by atoms with Gasteiger partial charge in [-0.25, -0.2) is 19.3 Å². The number of fused-ring (bicyclic) bond motifs is 1. The first-order valence-electron chi connectivity index (χ1n) is 11.3. The number of carbonyl (C=O) groups is 1. The molecule has 0 aliphatic heterocycles. The summed E-state index contributed by atoms with van der Waals surface area (Å²) in [6, 6.07) is 12.3. The van der Waals surface area contributed by atoms with Crippen molar-refractivity contribution in [3.05, 3.63) is 95.8 Å². The van der Waals surface area contributed by atoms with Crippen LogP contribution < -0.4 is 16.4 Å². The van der Waals surface area contributed by atoms with Crippen molar-refractivity contribution in [2.75, 3.05) is 16.4 Å². The number of nitrogens with two attached hydrogens (primary N) is 1. The molecule has 1 amide bonds. The second-order valence-corrected chi connectivity index (χ2v) is 8.44. The monoisotopic (exact) mass is 539 g/mol. The highest BCUT2D eigenvalue weighted by Crippen LogP contribution is 2.33. The Labute approximate surface area is 217 Å². The van der Waals surface area contributed by atoms with Crippen LogP contribution in [0.1, 0.15) is 21.5 Å². The topological polar surface area (TPSA) is 111 Å². The first-order chi connectivity index (χ1) is 18.6. The highest BCUT2D eigenvalue weighted by atomic mass is 19.4. The van der Waals surface area contributed by atoms with E-state index in [1.807, 2.05) is 0 Å². The van der Waals surface area contributed by atoms with Gasteiger partial charge in [-0.15, -0.1) is 0 Å². The normalized spacial score (nSPS) is 11.5. The first-order valence-corrected chi connectivity index (χ1v) is 11.3. The lowest BCUT2D eigenvalue weighted by Crippen LogP contribution is -2.18. The van der Waals surface area contributed by atoms with Crippen molar-refractivity contribution in [2.45, 2.75) is 12.7 Å². The van der Waals surface area contributed by atoms with E-state index < -0.39 is 23.5 Å². The average molecular weight is 539 g/mol. The van der Waals surface area contributed by atoms with Gasteiger partial charge in [-0.2, -0.15) is 18.0 Å². The van der Waals surface area contributed by atoms with Gasteiger partial charge in [0.05, 0.1) is 16.5 Å². The van der Waals surface area contributed by atoms with Crippen molar-refractivity contribution < 1.29 is 26.8 Å². The van der Waals surface area contributed by atoms with Crippen molar-refractivity contribution in [2.24, 2.45) is 0 Å². The molecular weight excluding hydrogens is 521 g/mol. The third-order valence-electron chi connectivity index (χ3n) is 5.86. The second kappa shape index (κ2) is 10.0. The van der Waals surface area contributed by atoms with Crippen LogP contribution in [0.5, 0.6) is 0 Å². The van der Waals surface area contributed by atoms with E-state index in [0.29, 0.717) is 39.1 Å². The second-order valence-electron chi connectivity index (χ2n) is 8.44. The molecule has 0 fully saturated rings. The van der Waals surface area contributed by atoms with Crippen LogP contribution in [0.15, 0.2) is 73.3 Å². The molecule has 0 saturated heterocycles. The van der Waals surface area contributed by atoms with Crippen LogP contribution >= 0.6 is 0 Å². The Balaban J connectivity index is 1.38. The molecule has 5 aromatic rings. The highest BCUT2D eigenvalue weighted by molar-refractivity contribution is 6.07. The number of pyridine rings is 1. The molecule has 0 aliphatic carbocycles. The van der Waals surface area contributed by atoms with Gasteiger partial charge in [0.2, 0.25) is 0 Å². The number of hydrogen-bond donors (Lipinski definition) is 3. The fourth-order valence-electron chi connectivity index (χ4n) is 3.92. The van der Waals surface area contributed by atoms with Crippen molar-refractivity contribution >= 4 is 34.3 Å². The van der Waals surface area contributed by atoms with E-state index in [1.54, 1.807) is 24.3 Å². The molecule has 0 radical (unpaired) electrons. The third-order valence-corrected chi connectivity index (χ3v) is 5.86. The Morgan fingerprint density at radius 1 is 1.00 bits per heavy atom. The molecule has 3 aromatic heterocycles. The van der Waals surface area contributed by atoms with Crippen molar-refractivity contribution in [3.8, 4) is 11.1 Å². The molecule has 0 spiro atoms. The standard InChI is InChI=1S/C26H18F5N7O/c27-17-5-7-18(8-6-17)37-25(39)19-9-16(26(28,29)30)11-34-23(19)33-10-14-1-3-15(4-2-14)20-12-38(31)24-21(20)22(32)35-13-36-24/h1-9,11-13H,10H2,(H,33,34)(H,37,39)(H2,32,35,36). The molecule has 0 atom stereocenters. The lowest BCUT2D eigenvalue weighted by Gasteiger charge is -2.14.